The first-order valence-corrected chi connectivity index (χ1v) is 10.7. The number of rotatable bonds is 5. The number of aromatic nitrogens is 6. The Labute approximate surface area is 174 Å². The van der Waals surface area contributed by atoms with E-state index >= 15 is 0 Å². The Morgan fingerprint density at radius 2 is 1.86 bits per heavy atom. The number of para-hydroxylation sites is 2. The van der Waals surface area contributed by atoms with Gasteiger partial charge in [0.25, 0.3) is 0 Å². The van der Waals surface area contributed by atoms with Gasteiger partial charge in [0.1, 0.15) is 5.82 Å². The SMILES string of the molecule is Cc1ccccc1Nc1nc(N)nc(CSc2nnc3sc4ccccc4n23)n1. The molecule has 0 saturated carbocycles. The molecule has 0 saturated heterocycles. The van der Waals surface area contributed by atoms with Gasteiger partial charge in [-0.3, -0.25) is 4.40 Å². The van der Waals surface area contributed by atoms with Crippen molar-refractivity contribution in [3.63, 3.8) is 0 Å². The molecule has 0 aliphatic rings. The molecule has 3 aromatic heterocycles. The van der Waals surface area contributed by atoms with Gasteiger partial charge in [0.05, 0.1) is 16.0 Å². The average Bonchev–Trinajstić information content (AvgIpc) is 3.27. The van der Waals surface area contributed by atoms with E-state index in [0.29, 0.717) is 17.5 Å². The van der Waals surface area contributed by atoms with Crippen LogP contribution >= 0.6 is 23.1 Å². The fraction of sp³-hybridized carbons (Fsp3) is 0.105. The van der Waals surface area contributed by atoms with Crippen LogP contribution in [0.2, 0.25) is 0 Å². The lowest BCUT2D eigenvalue weighted by atomic mass is 10.2. The van der Waals surface area contributed by atoms with E-state index in [1.165, 1.54) is 16.5 Å². The Balaban J connectivity index is 1.40. The topological polar surface area (TPSA) is 107 Å². The Hall–Kier alpha value is -3.24. The second-order valence-electron chi connectivity index (χ2n) is 6.33. The number of fused-ring (bicyclic) bond motifs is 3. The van der Waals surface area contributed by atoms with Gasteiger partial charge in [-0.1, -0.05) is 53.4 Å². The standard InChI is InChI=1S/C19H16N8S2/c1-11-6-2-3-7-12(11)21-17-23-15(22-16(20)24-17)10-28-18-25-26-19-27(18)13-8-4-5-9-14(13)29-19/h2-9H,10H2,1H3,(H3,20,21,22,23,24). The molecule has 2 aromatic carbocycles. The summed E-state index contributed by atoms with van der Waals surface area (Å²) in [4.78, 5) is 13.8. The predicted octanol–water partition coefficient (Wildman–Crippen LogP) is 4.06. The van der Waals surface area contributed by atoms with E-state index in [0.717, 1.165) is 26.9 Å². The zero-order valence-electron chi connectivity index (χ0n) is 15.4. The monoisotopic (exact) mass is 420 g/mol. The summed E-state index contributed by atoms with van der Waals surface area (Å²) in [6.07, 6.45) is 0. The number of nitrogens with two attached hydrogens (primary N) is 1. The third-order valence-electron chi connectivity index (χ3n) is 4.33. The molecular formula is C19H16N8S2. The maximum Gasteiger partial charge on any atom is 0.232 e. The molecule has 0 aliphatic heterocycles. The van der Waals surface area contributed by atoms with Crippen LogP contribution < -0.4 is 11.1 Å². The number of thiazole rings is 1. The predicted molar refractivity (Wildman–Crippen MR) is 117 cm³/mol. The third-order valence-corrected chi connectivity index (χ3v) is 6.27. The maximum atomic E-state index is 5.91. The summed E-state index contributed by atoms with van der Waals surface area (Å²) in [5.74, 6) is 1.68. The van der Waals surface area contributed by atoms with E-state index in [-0.39, 0.29) is 5.95 Å². The minimum atomic E-state index is 0.180. The minimum Gasteiger partial charge on any atom is -0.368 e. The maximum absolute atomic E-state index is 5.91. The summed E-state index contributed by atoms with van der Waals surface area (Å²) in [5.41, 5.74) is 9.03. The highest BCUT2D eigenvalue weighted by Crippen LogP contribution is 2.30. The first-order valence-electron chi connectivity index (χ1n) is 8.86. The molecule has 3 heterocycles. The average molecular weight is 421 g/mol. The van der Waals surface area contributed by atoms with Gasteiger partial charge in [0.15, 0.2) is 5.16 Å². The van der Waals surface area contributed by atoms with Gasteiger partial charge < -0.3 is 11.1 Å². The molecule has 5 aromatic rings. The largest absolute Gasteiger partial charge is 0.368 e. The number of nitrogen functional groups attached to an aromatic ring is 1. The van der Waals surface area contributed by atoms with Gasteiger partial charge in [-0.25, -0.2) is 0 Å². The Bertz CT molecular complexity index is 1330. The van der Waals surface area contributed by atoms with E-state index in [4.69, 9.17) is 5.73 Å². The van der Waals surface area contributed by atoms with E-state index in [1.54, 1.807) is 11.3 Å². The number of benzene rings is 2. The Morgan fingerprint density at radius 3 is 2.76 bits per heavy atom. The molecule has 0 unspecified atom stereocenters. The highest BCUT2D eigenvalue weighted by molar-refractivity contribution is 7.98. The van der Waals surface area contributed by atoms with E-state index < -0.39 is 0 Å². The van der Waals surface area contributed by atoms with E-state index in [2.05, 4.69) is 47.0 Å². The second kappa shape index (κ2) is 7.30. The van der Waals surface area contributed by atoms with Crippen molar-refractivity contribution in [1.82, 2.24) is 29.5 Å². The van der Waals surface area contributed by atoms with Crippen LogP contribution in [0.3, 0.4) is 0 Å². The first-order chi connectivity index (χ1) is 14.2. The second-order valence-corrected chi connectivity index (χ2v) is 8.28. The number of aryl methyl sites for hydroxylation is 1. The van der Waals surface area contributed by atoms with Crippen LogP contribution in [0.5, 0.6) is 0 Å². The van der Waals surface area contributed by atoms with Crippen molar-refractivity contribution >= 4 is 55.9 Å². The van der Waals surface area contributed by atoms with Crippen LogP contribution in [0.25, 0.3) is 15.2 Å². The fourth-order valence-electron chi connectivity index (χ4n) is 2.97. The normalized spacial score (nSPS) is 11.3. The number of nitrogens with one attached hydrogen (secondary N) is 1. The number of hydrogen-bond acceptors (Lipinski definition) is 9. The molecule has 0 bridgehead atoms. The fourth-order valence-corrected chi connectivity index (χ4v) is 4.79. The quantitative estimate of drug-likeness (QED) is 0.410. The molecule has 0 amide bonds. The lowest BCUT2D eigenvalue weighted by Gasteiger charge is -2.09. The van der Waals surface area contributed by atoms with Gasteiger partial charge in [0.2, 0.25) is 16.9 Å². The molecule has 144 valence electrons. The molecular weight excluding hydrogens is 404 g/mol. The zero-order valence-corrected chi connectivity index (χ0v) is 17.0. The molecule has 29 heavy (non-hydrogen) atoms. The first kappa shape index (κ1) is 17.8. The van der Waals surface area contributed by atoms with Gasteiger partial charge in [-0.15, -0.1) is 10.2 Å². The number of nitrogens with zero attached hydrogens (tertiary/aromatic N) is 6. The Morgan fingerprint density at radius 1 is 1.03 bits per heavy atom. The molecule has 0 spiro atoms. The number of hydrogen-bond donors (Lipinski definition) is 2. The molecule has 0 fully saturated rings. The molecule has 0 aliphatic carbocycles. The van der Waals surface area contributed by atoms with Crippen LogP contribution in [-0.2, 0) is 5.75 Å². The Kier molecular flexibility index (Phi) is 4.49. The van der Waals surface area contributed by atoms with Crippen LogP contribution in [0.4, 0.5) is 17.6 Å². The van der Waals surface area contributed by atoms with Crippen molar-refractivity contribution in [1.29, 1.82) is 0 Å². The van der Waals surface area contributed by atoms with E-state index in [1.807, 2.05) is 43.3 Å². The van der Waals surface area contributed by atoms with Crippen LogP contribution in [0.15, 0.2) is 53.7 Å². The summed E-state index contributed by atoms with van der Waals surface area (Å²) < 4.78 is 3.23. The van der Waals surface area contributed by atoms with Gasteiger partial charge in [-0.05, 0) is 30.7 Å². The van der Waals surface area contributed by atoms with Gasteiger partial charge in [0, 0.05) is 5.69 Å². The highest BCUT2D eigenvalue weighted by atomic mass is 32.2. The highest BCUT2D eigenvalue weighted by Gasteiger charge is 2.14. The minimum absolute atomic E-state index is 0.180. The van der Waals surface area contributed by atoms with Crippen molar-refractivity contribution in [2.75, 3.05) is 11.1 Å². The van der Waals surface area contributed by atoms with Crippen molar-refractivity contribution in [2.24, 2.45) is 0 Å². The smallest absolute Gasteiger partial charge is 0.232 e. The molecule has 10 heteroatoms. The molecule has 5 rings (SSSR count). The third kappa shape index (κ3) is 3.47. The number of anilines is 3. The molecule has 0 radical (unpaired) electrons. The summed E-state index contributed by atoms with van der Waals surface area (Å²) >= 11 is 3.13. The van der Waals surface area contributed by atoms with Gasteiger partial charge in [-0.2, -0.15) is 15.0 Å². The summed E-state index contributed by atoms with van der Waals surface area (Å²) in [5, 5.41) is 12.6. The van der Waals surface area contributed by atoms with Crippen molar-refractivity contribution < 1.29 is 0 Å². The molecule has 3 N–H and O–H groups in total. The van der Waals surface area contributed by atoms with Crippen LogP contribution in [0.1, 0.15) is 11.4 Å². The lowest BCUT2D eigenvalue weighted by Crippen LogP contribution is -2.07. The van der Waals surface area contributed by atoms with Crippen molar-refractivity contribution in [3.8, 4) is 0 Å². The summed E-state index contributed by atoms with van der Waals surface area (Å²) in [7, 11) is 0. The van der Waals surface area contributed by atoms with Crippen LogP contribution in [0, 0.1) is 6.92 Å². The van der Waals surface area contributed by atoms with Crippen molar-refractivity contribution in [3.05, 3.63) is 59.9 Å². The van der Waals surface area contributed by atoms with Crippen molar-refractivity contribution in [2.45, 2.75) is 17.8 Å². The number of thioether (sulfide) groups is 1. The zero-order chi connectivity index (χ0) is 19.8. The summed E-state index contributed by atoms with van der Waals surface area (Å²) in [6.45, 7) is 2.02. The molecule has 0 atom stereocenters. The van der Waals surface area contributed by atoms with Gasteiger partial charge >= 0.3 is 0 Å². The van der Waals surface area contributed by atoms with E-state index in [9.17, 15) is 0 Å². The van der Waals surface area contributed by atoms with Crippen LogP contribution in [-0.4, -0.2) is 29.5 Å². The summed E-state index contributed by atoms with van der Waals surface area (Å²) in [6, 6.07) is 16.1. The molecule has 8 nitrogen and oxygen atoms in total. The lowest BCUT2D eigenvalue weighted by molar-refractivity contribution is 0.931.